The molecule has 2 N–H and O–H groups in total. The Morgan fingerprint density at radius 1 is 0.976 bits per heavy atom. The number of aliphatic imine (C=N–C) groups is 2. The number of aryl methyl sites for hydroxylation is 1. The van der Waals surface area contributed by atoms with Gasteiger partial charge in [-0.1, -0.05) is 55.1 Å². The number of nitrogens with one attached hydrogen (secondary N) is 2. The van der Waals surface area contributed by atoms with Crippen LogP contribution in [-0.2, 0) is 27.3 Å². The molecule has 3 amide bonds. The summed E-state index contributed by atoms with van der Waals surface area (Å²) in [5.74, 6) is 0.718. The molecule has 9 nitrogen and oxygen atoms in total. The van der Waals surface area contributed by atoms with Gasteiger partial charge in [-0.15, -0.1) is 0 Å². The van der Waals surface area contributed by atoms with E-state index in [0.717, 1.165) is 23.3 Å². The van der Waals surface area contributed by atoms with E-state index in [0.29, 0.717) is 28.9 Å². The molecule has 41 heavy (non-hydrogen) atoms. The van der Waals surface area contributed by atoms with Crippen LogP contribution in [0.3, 0.4) is 0 Å². The lowest BCUT2D eigenvalue weighted by Crippen LogP contribution is -2.41. The summed E-state index contributed by atoms with van der Waals surface area (Å²) < 4.78 is 5.16. The van der Waals surface area contributed by atoms with E-state index in [9.17, 15) is 14.4 Å². The van der Waals surface area contributed by atoms with E-state index < -0.39 is 6.04 Å². The van der Waals surface area contributed by atoms with Crippen LogP contribution >= 0.6 is 11.8 Å². The van der Waals surface area contributed by atoms with E-state index in [2.05, 4.69) is 22.5 Å². The first kappa shape index (κ1) is 28.1. The standard InChI is InChI=1S/C31H31N5O4S/c1-3-20-8-12-22(13-9-20)33-28(38)19-41-31-35-25-7-5-4-6-24(25)29-34-26(30(39)36(29)31)16-17-27(37)32-18-21-10-14-23(40-2)15-11-21/h4-15,26H,3,16-19H2,1-2H3,(H,32,37)(H,33,38). The van der Waals surface area contributed by atoms with Crippen LogP contribution in [0.25, 0.3) is 0 Å². The Morgan fingerprint density at radius 3 is 2.44 bits per heavy atom. The summed E-state index contributed by atoms with van der Waals surface area (Å²) >= 11 is 1.18. The maximum absolute atomic E-state index is 13.5. The van der Waals surface area contributed by atoms with Crippen LogP contribution in [0.2, 0.25) is 0 Å². The average molecular weight is 570 g/mol. The van der Waals surface area contributed by atoms with E-state index in [1.54, 1.807) is 7.11 Å². The number of para-hydroxylation sites is 1. The zero-order chi connectivity index (χ0) is 28.8. The van der Waals surface area contributed by atoms with Gasteiger partial charge in [0.1, 0.15) is 17.6 Å². The predicted octanol–water partition coefficient (Wildman–Crippen LogP) is 4.68. The van der Waals surface area contributed by atoms with E-state index in [-0.39, 0.29) is 36.3 Å². The third-order valence-corrected chi connectivity index (χ3v) is 7.76. The minimum absolute atomic E-state index is 0.0754. The second-order valence-corrected chi connectivity index (χ2v) is 10.5. The molecule has 0 spiro atoms. The monoisotopic (exact) mass is 569 g/mol. The SMILES string of the molecule is CCc1ccc(NC(=O)CSC2=Nc3ccccc3C3=NC(CCC(=O)NCc4ccc(OC)cc4)C(=O)N23)cc1. The van der Waals surface area contributed by atoms with Crippen LogP contribution in [0.1, 0.15) is 36.5 Å². The smallest absolute Gasteiger partial charge is 0.259 e. The maximum atomic E-state index is 13.5. The molecule has 0 fully saturated rings. The van der Waals surface area contributed by atoms with E-state index in [1.165, 1.54) is 22.2 Å². The quantitative estimate of drug-likeness (QED) is 0.368. The second-order valence-electron chi connectivity index (χ2n) is 9.60. The molecular formula is C31H31N5O4S. The van der Waals surface area contributed by atoms with Crippen molar-refractivity contribution in [1.29, 1.82) is 0 Å². The van der Waals surface area contributed by atoms with Crippen LogP contribution in [0.5, 0.6) is 5.75 Å². The number of carbonyl (C=O) groups excluding carboxylic acids is 3. The van der Waals surface area contributed by atoms with Crippen LogP contribution in [0.4, 0.5) is 11.4 Å². The molecule has 10 heteroatoms. The lowest BCUT2D eigenvalue weighted by atomic mass is 10.1. The number of amidine groups is 2. The lowest BCUT2D eigenvalue weighted by molar-refractivity contribution is -0.125. The first-order chi connectivity index (χ1) is 19.9. The Morgan fingerprint density at radius 2 is 1.71 bits per heavy atom. The molecule has 5 rings (SSSR count). The molecule has 1 unspecified atom stereocenters. The van der Waals surface area contributed by atoms with Crippen molar-refractivity contribution in [2.75, 3.05) is 18.2 Å². The summed E-state index contributed by atoms with van der Waals surface area (Å²) in [6.07, 6.45) is 1.34. The molecule has 2 aliphatic heterocycles. The molecule has 0 aromatic heterocycles. The third kappa shape index (κ3) is 6.66. The topological polar surface area (TPSA) is 112 Å². The highest BCUT2D eigenvalue weighted by Gasteiger charge is 2.41. The number of carbonyl (C=O) groups is 3. The minimum atomic E-state index is -0.709. The first-order valence-electron chi connectivity index (χ1n) is 13.5. The summed E-state index contributed by atoms with van der Waals surface area (Å²) in [6.45, 7) is 2.46. The molecule has 3 aromatic rings. The highest BCUT2D eigenvalue weighted by molar-refractivity contribution is 8.14. The van der Waals surface area contributed by atoms with Gasteiger partial charge in [-0.3, -0.25) is 19.4 Å². The Hall–Kier alpha value is -4.44. The van der Waals surface area contributed by atoms with Crippen molar-refractivity contribution in [3.8, 4) is 5.75 Å². The van der Waals surface area contributed by atoms with Gasteiger partial charge < -0.3 is 15.4 Å². The number of benzene rings is 3. The van der Waals surface area contributed by atoms with E-state index in [4.69, 9.17) is 9.73 Å². The van der Waals surface area contributed by atoms with Crippen molar-refractivity contribution in [2.24, 2.45) is 9.98 Å². The fourth-order valence-corrected chi connectivity index (χ4v) is 5.34. The number of methoxy groups -OCH3 is 1. The number of fused-ring (bicyclic) bond motifs is 3. The Labute approximate surface area is 243 Å². The van der Waals surface area contributed by atoms with Gasteiger partial charge in [0, 0.05) is 24.2 Å². The summed E-state index contributed by atoms with van der Waals surface area (Å²) in [6, 6.07) is 21.9. The summed E-state index contributed by atoms with van der Waals surface area (Å²) in [5, 5.41) is 6.19. The van der Waals surface area contributed by atoms with Gasteiger partial charge in [0.15, 0.2) is 5.17 Å². The Balaban J connectivity index is 1.21. The van der Waals surface area contributed by atoms with Crippen molar-refractivity contribution in [1.82, 2.24) is 10.2 Å². The number of hydrogen-bond donors (Lipinski definition) is 2. The fraction of sp³-hybridized carbons (Fsp3) is 0.258. The average Bonchev–Trinajstić information content (AvgIpc) is 3.34. The largest absolute Gasteiger partial charge is 0.497 e. The molecule has 0 radical (unpaired) electrons. The van der Waals surface area contributed by atoms with Crippen molar-refractivity contribution in [2.45, 2.75) is 38.8 Å². The number of amides is 3. The normalized spacial score (nSPS) is 15.4. The van der Waals surface area contributed by atoms with Gasteiger partial charge in [0.25, 0.3) is 5.91 Å². The zero-order valence-corrected chi connectivity index (χ0v) is 23.7. The molecule has 3 aromatic carbocycles. The highest BCUT2D eigenvalue weighted by Crippen LogP contribution is 2.34. The van der Waals surface area contributed by atoms with Gasteiger partial charge in [-0.05, 0) is 60.4 Å². The number of thioether (sulfide) groups is 1. The number of hydrogen-bond acceptors (Lipinski definition) is 7. The molecule has 1 atom stereocenters. The molecule has 0 bridgehead atoms. The predicted molar refractivity (Wildman–Crippen MR) is 162 cm³/mol. The number of ether oxygens (including phenoxy) is 1. The van der Waals surface area contributed by atoms with Crippen LogP contribution < -0.4 is 15.4 Å². The van der Waals surface area contributed by atoms with Crippen LogP contribution in [0, 0.1) is 0 Å². The number of rotatable bonds is 10. The lowest BCUT2D eigenvalue weighted by Gasteiger charge is -2.25. The zero-order valence-electron chi connectivity index (χ0n) is 22.9. The molecule has 0 aliphatic carbocycles. The molecule has 2 heterocycles. The summed E-state index contributed by atoms with van der Waals surface area (Å²) in [7, 11) is 1.60. The molecule has 2 aliphatic rings. The number of anilines is 1. The van der Waals surface area contributed by atoms with Crippen molar-refractivity contribution in [3.05, 3.63) is 89.5 Å². The van der Waals surface area contributed by atoms with Gasteiger partial charge in [-0.25, -0.2) is 9.89 Å². The van der Waals surface area contributed by atoms with Crippen molar-refractivity contribution < 1.29 is 19.1 Å². The Kier molecular flexibility index (Phi) is 8.79. The molecular weight excluding hydrogens is 538 g/mol. The maximum Gasteiger partial charge on any atom is 0.259 e. The summed E-state index contributed by atoms with van der Waals surface area (Å²) in [5.41, 5.74) is 4.29. The van der Waals surface area contributed by atoms with Crippen molar-refractivity contribution in [3.63, 3.8) is 0 Å². The minimum Gasteiger partial charge on any atom is -0.497 e. The molecule has 0 saturated carbocycles. The third-order valence-electron chi connectivity index (χ3n) is 6.82. The van der Waals surface area contributed by atoms with Crippen molar-refractivity contribution >= 4 is 51.9 Å². The Bertz CT molecular complexity index is 1500. The summed E-state index contributed by atoms with van der Waals surface area (Å²) in [4.78, 5) is 49.6. The molecule has 210 valence electrons. The van der Waals surface area contributed by atoms with E-state index >= 15 is 0 Å². The highest BCUT2D eigenvalue weighted by atomic mass is 32.2. The fourth-order valence-electron chi connectivity index (χ4n) is 4.54. The van der Waals surface area contributed by atoms with Gasteiger partial charge in [0.2, 0.25) is 11.8 Å². The van der Waals surface area contributed by atoms with Crippen LogP contribution in [-0.4, -0.2) is 52.5 Å². The van der Waals surface area contributed by atoms with Gasteiger partial charge in [0.05, 0.1) is 18.6 Å². The molecule has 0 saturated heterocycles. The van der Waals surface area contributed by atoms with Gasteiger partial charge >= 0.3 is 0 Å². The number of nitrogens with zero attached hydrogens (tertiary/aromatic N) is 3. The first-order valence-corrected chi connectivity index (χ1v) is 14.4. The van der Waals surface area contributed by atoms with Crippen LogP contribution in [0.15, 0.2) is 82.8 Å². The van der Waals surface area contributed by atoms with E-state index in [1.807, 2.05) is 72.8 Å². The second kappa shape index (κ2) is 12.8. The van der Waals surface area contributed by atoms with Gasteiger partial charge in [-0.2, -0.15) is 0 Å².